The number of benzene rings is 1. The van der Waals surface area contributed by atoms with Gasteiger partial charge in [0, 0.05) is 9.75 Å². The molecule has 1 N–H and O–H groups in total. The number of anilines is 1. The topological polar surface area (TPSA) is 42.0 Å². The first-order valence-corrected chi connectivity index (χ1v) is 12.0. The van der Waals surface area contributed by atoms with Gasteiger partial charge in [0.15, 0.2) is 5.13 Å². The number of thiophene rings is 1. The van der Waals surface area contributed by atoms with Gasteiger partial charge in [-0.1, -0.05) is 58.0 Å². The molecule has 0 fully saturated rings. The third kappa shape index (κ3) is 4.31. The van der Waals surface area contributed by atoms with Gasteiger partial charge in [-0.15, -0.1) is 22.7 Å². The minimum atomic E-state index is -0.0506. The van der Waals surface area contributed by atoms with Crippen molar-refractivity contribution >= 4 is 33.7 Å². The lowest BCUT2D eigenvalue weighted by atomic mass is 9.73. The molecule has 0 saturated carbocycles. The van der Waals surface area contributed by atoms with Gasteiger partial charge in [-0.3, -0.25) is 10.1 Å². The fraction of sp³-hybridized carbons (Fsp3) is 0.417. The van der Waals surface area contributed by atoms with Gasteiger partial charge in [0.25, 0.3) is 5.91 Å². The van der Waals surface area contributed by atoms with Crippen molar-refractivity contribution in [2.24, 2.45) is 11.3 Å². The van der Waals surface area contributed by atoms with Gasteiger partial charge in [-0.05, 0) is 54.2 Å². The zero-order chi connectivity index (χ0) is 20.6. The summed E-state index contributed by atoms with van der Waals surface area (Å²) in [6, 6.07) is 12.3. The zero-order valence-electron chi connectivity index (χ0n) is 17.5. The van der Waals surface area contributed by atoms with Gasteiger partial charge in [0.05, 0.1) is 10.6 Å². The number of hydrogen-bond acceptors (Lipinski definition) is 4. The largest absolute Gasteiger partial charge is 0.297 e. The normalized spacial score (nSPS) is 16.5. The fourth-order valence-corrected chi connectivity index (χ4v) is 6.20. The summed E-state index contributed by atoms with van der Waals surface area (Å²) in [5, 5.41) is 3.80. The van der Waals surface area contributed by atoms with Crippen LogP contribution in [-0.4, -0.2) is 10.9 Å². The third-order valence-electron chi connectivity index (χ3n) is 5.83. The number of hydrogen-bond donors (Lipinski definition) is 1. The summed E-state index contributed by atoms with van der Waals surface area (Å²) in [7, 11) is 0. The van der Waals surface area contributed by atoms with E-state index in [0.29, 0.717) is 11.3 Å². The number of fused-ring (bicyclic) bond motifs is 1. The van der Waals surface area contributed by atoms with Crippen molar-refractivity contribution in [3.05, 3.63) is 57.4 Å². The molecule has 0 saturated heterocycles. The first-order valence-electron chi connectivity index (χ1n) is 10.3. The molecule has 3 aromatic rings. The molecule has 152 valence electrons. The number of carbonyl (C=O) groups excluding carboxylic acids is 1. The highest BCUT2D eigenvalue weighted by atomic mass is 32.1. The molecule has 2 aromatic heterocycles. The average molecular weight is 425 g/mol. The van der Waals surface area contributed by atoms with Gasteiger partial charge in [0.2, 0.25) is 0 Å². The van der Waals surface area contributed by atoms with Crippen LogP contribution in [-0.2, 0) is 19.3 Å². The second-order valence-corrected chi connectivity index (χ2v) is 11.0. The Kier molecular flexibility index (Phi) is 5.63. The second kappa shape index (κ2) is 8.04. The van der Waals surface area contributed by atoms with Crippen LogP contribution in [0.1, 0.15) is 59.9 Å². The standard InChI is InChI=1S/C24H28N2OS2/c1-5-15-13-20(28-21(15)16-9-7-6-8-10-16)22(27)26-23-25-18-12-11-17(24(2,3)4)14-19(18)29-23/h6-10,13,17H,5,11-12,14H2,1-4H3,(H,25,26,27)/t17-/m1/s1. The summed E-state index contributed by atoms with van der Waals surface area (Å²) in [5.41, 5.74) is 3.88. The fourth-order valence-electron chi connectivity index (χ4n) is 3.96. The van der Waals surface area contributed by atoms with Crippen LogP contribution >= 0.6 is 22.7 Å². The highest BCUT2D eigenvalue weighted by Gasteiger charge is 2.31. The van der Waals surface area contributed by atoms with Crippen LogP contribution in [0.15, 0.2) is 36.4 Å². The molecule has 0 aliphatic heterocycles. The molecule has 0 spiro atoms. The maximum atomic E-state index is 12.9. The van der Waals surface area contributed by atoms with E-state index in [1.54, 1.807) is 22.7 Å². The molecule has 3 nitrogen and oxygen atoms in total. The number of nitrogens with one attached hydrogen (secondary N) is 1. The molecule has 5 heteroatoms. The molecule has 2 heterocycles. The van der Waals surface area contributed by atoms with Crippen molar-refractivity contribution in [3.63, 3.8) is 0 Å². The maximum Gasteiger partial charge on any atom is 0.267 e. The summed E-state index contributed by atoms with van der Waals surface area (Å²) in [5.74, 6) is 0.627. The van der Waals surface area contributed by atoms with E-state index in [0.717, 1.165) is 29.3 Å². The van der Waals surface area contributed by atoms with Crippen LogP contribution in [0.5, 0.6) is 0 Å². The van der Waals surface area contributed by atoms with Crippen LogP contribution in [0.25, 0.3) is 10.4 Å². The highest BCUT2D eigenvalue weighted by Crippen LogP contribution is 2.40. The molecule has 1 aromatic carbocycles. The minimum Gasteiger partial charge on any atom is -0.297 e. The average Bonchev–Trinajstić information content (AvgIpc) is 3.30. The van der Waals surface area contributed by atoms with Crippen molar-refractivity contribution in [2.45, 2.75) is 53.4 Å². The van der Waals surface area contributed by atoms with Crippen molar-refractivity contribution in [2.75, 3.05) is 5.32 Å². The quantitative estimate of drug-likeness (QED) is 0.498. The molecule has 1 atom stereocenters. The number of nitrogens with zero attached hydrogens (tertiary/aromatic N) is 1. The summed E-state index contributed by atoms with van der Waals surface area (Å²) < 4.78 is 0. The summed E-state index contributed by atoms with van der Waals surface area (Å²) in [4.78, 5) is 20.9. The Balaban J connectivity index is 1.53. The van der Waals surface area contributed by atoms with E-state index in [-0.39, 0.29) is 5.91 Å². The molecule has 0 bridgehead atoms. The van der Waals surface area contributed by atoms with Crippen LogP contribution in [0, 0.1) is 11.3 Å². The van der Waals surface area contributed by atoms with Gasteiger partial charge >= 0.3 is 0 Å². The lowest BCUT2D eigenvalue weighted by Crippen LogP contribution is -2.26. The van der Waals surface area contributed by atoms with Crippen molar-refractivity contribution in [1.29, 1.82) is 0 Å². The minimum absolute atomic E-state index is 0.0506. The van der Waals surface area contributed by atoms with Crippen molar-refractivity contribution < 1.29 is 4.79 Å². The Hall–Kier alpha value is -1.98. The Morgan fingerprint density at radius 2 is 1.97 bits per heavy atom. The van der Waals surface area contributed by atoms with E-state index in [2.05, 4.69) is 45.1 Å². The monoisotopic (exact) mass is 424 g/mol. The Morgan fingerprint density at radius 3 is 2.66 bits per heavy atom. The summed E-state index contributed by atoms with van der Waals surface area (Å²) in [6.45, 7) is 9.09. The van der Waals surface area contributed by atoms with Gasteiger partial charge in [0.1, 0.15) is 0 Å². The van der Waals surface area contributed by atoms with E-state index in [4.69, 9.17) is 4.98 Å². The first kappa shape index (κ1) is 20.3. The van der Waals surface area contributed by atoms with E-state index in [9.17, 15) is 4.79 Å². The smallest absolute Gasteiger partial charge is 0.267 e. The number of carbonyl (C=O) groups is 1. The van der Waals surface area contributed by atoms with Crippen molar-refractivity contribution in [3.8, 4) is 10.4 Å². The number of amides is 1. The SMILES string of the molecule is CCc1cc(C(=O)Nc2nc3c(s2)C[C@H](C(C)(C)C)CC3)sc1-c1ccccc1. The highest BCUT2D eigenvalue weighted by molar-refractivity contribution is 7.18. The summed E-state index contributed by atoms with van der Waals surface area (Å²) in [6.07, 6.45) is 4.18. The molecule has 4 rings (SSSR count). The summed E-state index contributed by atoms with van der Waals surface area (Å²) >= 11 is 3.22. The molecule has 1 amide bonds. The first-order chi connectivity index (χ1) is 13.8. The Labute approximate surface area is 181 Å². The molecule has 29 heavy (non-hydrogen) atoms. The maximum absolute atomic E-state index is 12.9. The predicted octanol–water partition coefficient (Wildman–Crippen LogP) is 6.84. The second-order valence-electron chi connectivity index (χ2n) is 8.83. The zero-order valence-corrected chi connectivity index (χ0v) is 19.2. The number of thiazole rings is 1. The van der Waals surface area contributed by atoms with Gasteiger partial charge in [-0.2, -0.15) is 0 Å². The van der Waals surface area contributed by atoms with Crippen LogP contribution in [0.3, 0.4) is 0 Å². The lowest BCUT2D eigenvalue weighted by molar-refractivity contribution is 0.103. The van der Waals surface area contributed by atoms with Gasteiger partial charge < -0.3 is 0 Å². The van der Waals surface area contributed by atoms with Crippen molar-refractivity contribution in [1.82, 2.24) is 4.98 Å². The Morgan fingerprint density at radius 1 is 1.21 bits per heavy atom. The van der Waals surface area contributed by atoms with E-state index >= 15 is 0 Å². The third-order valence-corrected chi connectivity index (χ3v) is 8.10. The van der Waals surface area contributed by atoms with Crippen LogP contribution in [0.2, 0.25) is 0 Å². The van der Waals surface area contributed by atoms with Crippen LogP contribution < -0.4 is 5.32 Å². The molecule has 1 aliphatic carbocycles. The Bertz CT molecular complexity index is 1010. The molecular formula is C24H28N2OS2. The van der Waals surface area contributed by atoms with Crippen LogP contribution in [0.4, 0.5) is 5.13 Å². The molecule has 0 unspecified atom stereocenters. The predicted molar refractivity (Wildman–Crippen MR) is 124 cm³/mol. The lowest BCUT2D eigenvalue weighted by Gasteiger charge is -2.33. The van der Waals surface area contributed by atoms with E-state index in [1.165, 1.54) is 33.0 Å². The van der Waals surface area contributed by atoms with Gasteiger partial charge in [-0.25, -0.2) is 4.98 Å². The number of aryl methyl sites for hydroxylation is 2. The number of rotatable bonds is 4. The molecule has 0 radical (unpaired) electrons. The molecule has 1 aliphatic rings. The molecular weight excluding hydrogens is 396 g/mol. The van der Waals surface area contributed by atoms with E-state index in [1.807, 2.05) is 24.3 Å². The number of aromatic nitrogens is 1. The van der Waals surface area contributed by atoms with E-state index < -0.39 is 0 Å².